The van der Waals surface area contributed by atoms with Crippen molar-refractivity contribution < 1.29 is 4.79 Å². The fraction of sp³-hybridized carbons (Fsp3) is 0.176. The zero-order chi connectivity index (χ0) is 15.7. The van der Waals surface area contributed by atoms with E-state index in [1.165, 1.54) is 22.9 Å². The molecule has 0 spiro atoms. The summed E-state index contributed by atoms with van der Waals surface area (Å²) in [5.41, 5.74) is 4.27. The molecule has 1 fully saturated rings. The average Bonchev–Trinajstić information content (AvgIpc) is 3.02. The lowest BCUT2D eigenvalue weighted by Crippen LogP contribution is -2.19. The van der Waals surface area contributed by atoms with Crippen LogP contribution in [0.5, 0.6) is 0 Å². The molecule has 1 aliphatic rings. The number of nitrogens with one attached hydrogen (secondary N) is 1. The van der Waals surface area contributed by atoms with Gasteiger partial charge < -0.3 is 9.88 Å². The molecule has 1 saturated heterocycles. The smallest absolute Gasteiger partial charge is 0.264 e. The number of aryl methyl sites for hydroxylation is 3. The summed E-state index contributed by atoms with van der Waals surface area (Å²) in [4.78, 5) is 17.2. The second-order valence-electron chi connectivity index (χ2n) is 5.29. The van der Waals surface area contributed by atoms with Crippen LogP contribution in [-0.2, 0) is 11.8 Å². The van der Waals surface area contributed by atoms with Crippen molar-refractivity contribution in [3.8, 4) is 0 Å². The monoisotopic (exact) mass is 311 g/mol. The van der Waals surface area contributed by atoms with E-state index in [0.717, 1.165) is 11.4 Å². The van der Waals surface area contributed by atoms with E-state index < -0.39 is 0 Å². The SMILES string of the molecule is Cc1ccc(N=C2NC(=O)C(=Cc3cccn3C)S2)cc1C. The molecular weight excluding hydrogens is 294 g/mol. The molecule has 5 heteroatoms. The summed E-state index contributed by atoms with van der Waals surface area (Å²) >= 11 is 1.37. The number of hydrogen-bond donors (Lipinski definition) is 1. The molecule has 1 aromatic heterocycles. The number of nitrogens with zero attached hydrogens (tertiary/aromatic N) is 2. The summed E-state index contributed by atoms with van der Waals surface area (Å²) in [7, 11) is 1.95. The van der Waals surface area contributed by atoms with Gasteiger partial charge in [-0.2, -0.15) is 0 Å². The van der Waals surface area contributed by atoms with E-state index in [1.54, 1.807) is 0 Å². The number of hydrogen-bond acceptors (Lipinski definition) is 3. The van der Waals surface area contributed by atoms with Gasteiger partial charge in [-0.25, -0.2) is 4.99 Å². The van der Waals surface area contributed by atoms with Crippen molar-refractivity contribution in [3.05, 3.63) is 58.3 Å². The number of amides is 1. The van der Waals surface area contributed by atoms with Crippen LogP contribution in [0.25, 0.3) is 6.08 Å². The van der Waals surface area contributed by atoms with Gasteiger partial charge in [0.2, 0.25) is 0 Å². The number of carbonyl (C=O) groups is 1. The zero-order valence-electron chi connectivity index (χ0n) is 12.8. The molecule has 0 unspecified atom stereocenters. The van der Waals surface area contributed by atoms with Gasteiger partial charge in [0.15, 0.2) is 5.17 Å². The average molecular weight is 311 g/mol. The number of aliphatic imine (C=N–C) groups is 1. The third-order valence-electron chi connectivity index (χ3n) is 3.63. The van der Waals surface area contributed by atoms with Crippen LogP contribution in [0, 0.1) is 13.8 Å². The van der Waals surface area contributed by atoms with E-state index in [4.69, 9.17) is 0 Å². The molecule has 3 rings (SSSR count). The quantitative estimate of drug-likeness (QED) is 0.862. The van der Waals surface area contributed by atoms with E-state index in [-0.39, 0.29) is 5.91 Å². The molecule has 2 aromatic rings. The number of benzene rings is 1. The molecule has 1 aliphatic heterocycles. The highest BCUT2D eigenvalue weighted by Gasteiger charge is 2.24. The van der Waals surface area contributed by atoms with Crippen molar-refractivity contribution in [2.45, 2.75) is 13.8 Å². The van der Waals surface area contributed by atoms with Crippen molar-refractivity contribution >= 4 is 34.6 Å². The lowest BCUT2D eigenvalue weighted by atomic mass is 10.1. The van der Waals surface area contributed by atoms with Crippen LogP contribution in [0.4, 0.5) is 5.69 Å². The Balaban J connectivity index is 1.85. The molecule has 0 aliphatic carbocycles. The number of amidine groups is 1. The first-order chi connectivity index (χ1) is 10.5. The molecule has 22 heavy (non-hydrogen) atoms. The summed E-state index contributed by atoms with van der Waals surface area (Å²) < 4.78 is 1.97. The second kappa shape index (κ2) is 5.85. The molecule has 0 saturated carbocycles. The van der Waals surface area contributed by atoms with E-state index in [2.05, 4.69) is 24.2 Å². The van der Waals surface area contributed by atoms with Crippen molar-refractivity contribution in [2.75, 3.05) is 0 Å². The first-order valence-electron chi connectivity index (χ1n) is 7.01. The van der Waals surface area contributed by atoms with E-state index >= 15 is 0 Å². The van der Waals surface area contributed by atoms with Gasteiger partial charge in [-0.15, -0.1) is 0 Å². The molecule has 0 radical (unpaired) electrons. The lowest BCUT2D eigenvalue weighted by Gasteiger charge is -2.01. The Hall–Kier alpha value is -2.27. The van der Waals surface area contributed by atoms with Gasteiger partial charge in [0.25, 0.3) is 5.91 Å². The van der Waals surface area contributed by atoms with Gasteiger partial charge >= 0.3 is 0 Å². The van der Waals surface area contributed by atoms with Crippen LogP contribution in [0.3, 0.4) is 0 Å². The third-order valence-corrected chi connectivity index (χ3v) is 4.54. The number of thioether (sulfide) groups is 1. The number of carbonyl (C=O) groups excluding carboxylic acids is 1. The summed E-state index contributed by atoms with van der Waals surface area (Å²) in [5, 5.41) is 3.43. The largest absolute Gasteiger partial charge is 0.351 e. The van der Waals surface area contributed by atoms with Gasteiger partial charge in [-0.05, 0) is 67.1 Å². The predicted octanol–water partition coefficient (Wildman–Crippen LogP) is 3.53. The maximum absolute atomic E-state index is 12.0. The summed E-state index contributed by atoms with van der Waals surface area (Å²) in [5.74, 6) is -0.103. The Labute approximate surface area is 133 Å². The molecule has 1 amide bonds. The zero-order valence-corrected chi connectivity index (χ0v) is 13.6. The molecule has 0 atom stereocenters. The predicted molar refractivity (Wildman–Crippen MR) is 92.1 cm³/mol. The first-order valence-corrected chi connectivity index (χ1v) is 7.83. The van der Waals surface area contributed by atoms with E-state index in [1.807, 2.05) is 54.2 Å². The van der Waals surface area contributed by atoms with Crippen LogP contribution in [-0.4, -0.2) is 15.6 Å². The van der Waals surface area contributed by atoms with Crippen LogP contribution in [0.2, 0.25) is 0 Å². The van der Waals surface area contributed by atoms with Gasteiger partial charge in [-0.1, -0.05) is 6.07 Å². The highest BCUT2D eigenvalue weighted by atomic mass is 32.2. The Morgan fingerprint density at radius 2 is 2.05 bits per heavy atom. The standard InChI is InChI=1S/C17H17N3OS/c1-11-6-7-13(9-12(11)2)18-17-19-16(21)15(22-17)10-14-5-4-8-20(14)3/h4-10H,1-3H3,(H,18,19,21). The van der Waals surface area contributed by atoms with E-state index in [0.29, 0.717) is 10.1 Å². The topological polar surface area (TPSA) is 46.4 Å². The normalized spacial score (nSPS) is 18.2. The second-order valence-corrected chi connectivity index (χ2v) is 6.32. The third kappa shape index (κ3) is 2.99. The van der Waals surface area contributed by atoms with Gasteiger partial charge in [-0.3, -0.25) is 4.79 Å². The van der Waals surface area contributed by atoms with Crippen LogP contribution >= 0.6 is 11.8 Å². The number of rotatable bonds is 2. The van der Waals surface area contributed by atoms with Crippen molar-refractivity contribution in [3.63, 3.8) is 0 Å². The highest BCUT2D eigenvalue weighted by Crippen LogP contribution is 2.28. The first kappa shape index (κ1) is 14.7. The molecule has 112 valence electrons. The maximum Gasteiger partial charge on any atom is 0.264 e. The molecular formula is C17H17N3OS. The minimum atomic E-state index is -0.103. The molecule has 4 nitrogen and oxygen atoms in total. The maximum atomic E-state index is 12.0. The highest BCUT2D eigenvalue weighted by molar-refractivity contribution is 8.18. The van der Waals surface area contributed by atoms with Gasteiger partial charge in [0, 0.05) is 18.9 Å². The van der Waals surface area contributed by atoms with Crippen LogP contribution in [0.15, 0.2) is 46.4 Å². The fourth-order valence-electron chi connectivity index (χ4n) is 2.15. The summed E-state index contributed by atoms with van der Waals surface area (Å²) in [6.07, 6.45) is 3.83. The van der Waals surface area contributed by atoms with Crippen molar-refractivity contribution in [1.29, 1.82) is 0 Å². The van der Waals surface area contributed by atoms with Crippen molar-refractivity contribution in [2.24, 2.45) is 12.0 Å². The van der Waals surface area contributed by atoms with Gasteiger partial charge in [0.1, 0.15) is 0 Å². The summed E-state index contributed by atoms with van der Waals surface area (Å²) in [6, 6.07) is 9.94. The summed E-state index contributed by atoms with van der Waals surface area (Å²) in [6.45, 7) is 4.12. The Morgan fingerprint density at radius 3 is 2.73 bits per heavy atom. The van der Waals surface area contributed by atoms with E-state index in [9.17, 15) is 4.79 Å². The van der Waals surface area contributed by atoms with Crippen LogP contribution in [0.1, 0.15) is 16.8 Å². The minimum Gasteiger partial charge on any atom is -0.351 e. The lowest BCUT2D eigenvalue weighted by molar-refractivity contribution is -0.115. The Bertz CT molecular complexity index is 802. The fourth-order valence-corrected chi connectivity index (χ4v) is 2.98. The molecule has 2 heterocycles. The number of aromatic nitrogens is 1. The molecule has 1 N–H and O–H groups in total. The molecule has 0 bridgehead atoms. The van der Waals surface area contributed by atoms with Crippen LogP contribution < -0.4 is 5.32 Å². The molecule has 1 aromatic carbocycles. The van der Waals surface area contributed by atoms with Crippen molar-refractivity contribution in [1.82, 2.24) is 9.88 Å². The Kier molecular flexibility index (Phi) is 3.90. The minimum absolute atomic E-state index is 0.103. The van der Waals surface area contributed by atoms with Gasteiger partial charge in [0.05, 0.1) is 10.6 Å². The Morgan fingerprint density at radius 1 is 1.23 bits per heavy atom.